The van der Waals surface area contributed by atoms with Crippen molar-refractivity contribution in [2.45, 2.75) is 52.7 Å². The summed E-state index contributed by atoms with van der Waals surface area (Å²) in [6, 6.07) is 4.08. The van der Waals surface area contributed by atoms with E-state index in [1.54, 1.807) is 11.1 Å². The lowest BCUT2D eigenvalue weighted by molar-refractivity contribution is -0.125. The van der Waals surface area contributed by atoms with Crippen molar-refractivity contribution < 1.29 is 14.3 Å². The minimum atomic E-state index is -0.543. The molecule has 1 saturated carbocycles. The number of aromatic nitrogens is 2. The number of pyridine rings is 1. The molecule has 2 aromatic rings. The Hall–Kier alpha value is -2.57. The van der Waals surface area contributed by atoms with Crippen molar-refractivity contribution in [1.82, 2.24) is 19.6 Å². The number of ether oxygens (including phenoxy) is 1. The second-order valence-electron chi connectivity index (χ2n) is 9.86. The fraction of sp³-hybridized carbons (Fsp3) is 0.591. The number of piperidine rings is 1. The summed E-state index contributed by atoms with van der Waals surface area (Å²) in [7, 11) is 0. The smallest absolute Gasteiger partial charge is 0.410 e. The van der Waals surface area contributed by atoms with Crippen LogP contribution in [0, 0.1) is 24.7 Å². The third kappa shape index (κ3) is 3.58. The quantitative estimate of drug-likeness (QED) is 0.862. The highest BCUT2D eigenvalue weighted by Gasteiger charge is 2.61. The first-order chi connectivity index (χ1) is 13.5. The Kier molecular flexibility index (Phi) is 4.40. The van der Waals surface area contributed by atoms with Gasteiger partial charge in [-0.2, -0.15) is 0 Å². The monoisotopic (exact) mass is 398 g/mol. The summed E-state index contributed by atoms with van der Waals surface area (Å²) in [5, 5.41) is 3.22. The van der Waals surface area contributed by atoms with Gasteiger partial charge in [0.25, 0.3) is 0 Å². The molecule has 2 aliphatic rings. The summed E-state index contributed by atoms with van der Waals surface area (Å²) in [6.45, 7) is 12.8. The molecule has 2 amide bonds. The van der Waals surface area contributed by atoms with E-state index in [4.69, 9.17) is 4.74 Å². The second-order valence-corrected chi connectivity index (χ2v) is 9.86. The highest BCUT2D eigenvalue weighted by molar-refractivity contribution is 5.84. The molecule has 0 spiro atoms. The molecule has 4 rings (SSSR count). The zero-order valence-corrected chi connectivity index (χ0v) is 18.0. The molecule has 0 bridgehead atoms. The predicted octanol–water partition coefficient (Wildman–Crippen LogP) is 3.11. The van der Waals surface area contributed by atoms with Crippen LogP contribution in [0.15, 0.2) is 24.5 Å². The van der Waals surface area contributed by atoms with Crippen LogP contribution in [-0.4, -0.2) is 45.0 Å². The highest BCUT2D eigenvalue weighted by Crippen LogP contribution is 2.52. The van der Waals surface area contributed by atoms with Gasteiger partial charge in [0.1, 0.15) is 11.2 Å². The molecule has 2 aromatic heterocycles. The Morgan fingerprint density at radius 2 is 1.79 bits per heavy atom. The number of hydrogen-bond donors (Lipinski definition) is 1. The molecule has 29 heavy (non-hydrogen) atoms. The van der Waals surface area contributed by atoms with E-state index in [0.29, 0.717) is 13.1 Å². The molecule has 0 radical (unpaired) electrons. The molecule has 1 aliphatic carbocycles. The minimum Gasteiger partial charge on any atom is -0.444 e. The average Bonchev–Trinajstić information content (AvgIpc) is 2.98. The van der Waals surface area contributed by atoms with E-state index in [-0.39, 0.29) is 29.8 Å². The summed E-state index contributed by atoms with van der Waals surface area (Å²) in [4.78, 5) is 31.4. The number of nitrogens with zero attached hydrogens (tertiary/aromatic N) is 3. The Morgan fingerprint density at radius 3 is 2.41 bits per heavy atom. The van der Waals surface area contributed by atoms with Crippen molar-refractivity contribution in [1.29, 1.82) is 0 Å². The van der Waals surface area contributed by atoms with Gasteiger partial charge in [0.15, 0.2) is 0 Å². The van der Waals surface area contributed by atoms with Crippen molar-refractivity contribution in [2.75, 3.05) is 13.1 Å². The zero-order chi connectivity index (χ0) is 21.1. The molecule has 7 nitrogen and oxygen atoms in total. The van der Waals surface area contributed by atoms with E-state index in [1.165, 1.54) is 0 Å². The van der Waals surface area contributed by atoms with Crippen molar-refractivity contribution in [3.63, 3.8) is 0 Å². The van der Waals surface area contributed by atoms with Gasteiger partial charge >= 0.3 is 6.09 Å². The lowest BCUT2D eigenvalue weighted by Crippen LogP contribution is -2.44. The summed E-state index contributed by atoms with van der Waals surface area (Å²) in [5.74, 6) is 0.471. The van der Waals surface area contributed by atoms with Crippen LogP contribution >= 0.6 is 0 Å². The number of imidazole rings is 1. The zero-order valence-electron chi connectivity index (χ0n) is 18.0. The molecule has 2 fully saturated rings. The first-order valence-electron chi connectivity index (χ1n) is 10.2. The SMILES string of the molecule is Cc1ccc(C(C)(C)NC(=O)C2C3CN(C(=O)OC(C)(C)C)CC32)c2nccn12. The third-order valence-electron chi connectivity index (χ3n) is 6.01. The Bertz CT molecular complexity index is 960. The van der Waals surface area contributed by atoms with E-state index < -0.39 is 11.1 Å². The second kappa shape index (κ2) is 6.47. The van der Waals surface area contributed by atoms with Crippen LogP contribution in [-0.2, 0) is 15.1 Å². The lowest BCUT2D eigenvalue weighted by atomic mass is 9.94. The van der Waals surface area contributed by atoms with E-state index >= 15 is 0 Å². The van der Waals surface area contributed by atoms with Gasteiger partial charge in [-0.25, -0.2) is 9.78 Å². The minimum absolute atomic E-state index is 0.0332. The Morgan fingerprint density at radius 1 is 1.14 bits per heavy atom. The largest absolute Gasteiger partial charge is 0.444 e. The van der Waals surface area contributed by atoms with Crippen molar-refractivity contribution in [2.24, 2.45) is 17.8 Å². The van der Waals surface area contributed by atoms with Crippen LogP contribution in [0.4, 0.5) is 4.79 Å². The molecular formula is C22H30N4O3. The summed E-state index contributed by atoms with van der Waals surface area (Å²) < 4.78 is 7.48. The maximum Gasteiger partial charge on any atom is 0.410 e. The van der Waals surface area contributed by atoms with E-state index in [0.717, 1.165) is 16.9 Å². The molecule has 0 aromatic carbocycles. The first kappa shape index (κ1) is 19.7. The first-order valence-corrected chi connectivity index (χ1v) is 10.2. The topological polar surface area (TPSA) is 75.9 Å². The lowest BCUT2D eigenvalue weighted by Gasteiger charge is -2.29. The van der Waals surface area contributed by atoms with Crippen molar-refractivity contribution in [3.05, 3.63) is 35.8 Å². The molecule has 7 heteroatoms. The van der Waals surface area contributed by atoms with Crippen LogP contribution < -0.4 is 5.32 Å². The molecular weight excluding hydrogens is 368 g/mol. The van der Waals surface area contributed by atoms with Gasteiger partial charge in [0, 0.05) is 42.7 Å². The normalized spacial score (nSPS) is 23.8. The van der Waals surface area contributed by atoms with Gasteiger partial charge in [-0.3, -0.25) is 4.79 Å². The van der Waals surface area contributed by atoms with Gasteiger partial charge in [-0.15, -0.1) is 0 Å². The molecule has 3 heterocycles. The van der Waals surface area contributed by atoms with Crippen LogP contribution in [0.25, 0.3) is 5.65 Å². The third-order valence-corrected chi connectivity index (χ3v) is 6.01. The van der Waals surface area contributed by atoms with E-state index in [1.807, 2.05) is 64.3 Å². The number of likely N-dealkylation sites (tertiary alicyclic amines) is 1. The summed E-state index contributed by atoms with van der Waals surface area (Å²) >= 11 is 0. The molecule has 1 N–H and O–H groups in total. The number of nitrogens with one attached hydrogen (secondary N) is 1. The van der Waals surface area contributed by atoms with E-state index in [2.05, 4.69) is 10.3 Å². The van der Waals surface area contributed by atoms with Crippen LogP contribution in [0.3, 0.4) is 0 Å². The predicted molar refractivity (Wildman–Crippen MR) is 109 cm³/mol. The maximum atomic E-state index is 13.0. The fourth-order valence-corrected chi connectivity index (χ4v) is 4.48. The number of hydrogen-bond acceptors (Lipinski definition) is 4. The van der Waals surface area contributed by atoms with Crippen LogP contribution in [0.5, 0.6) is 0 Å². The molecule has 1 saturated heterocycles. The number of rotatable bonds is 3. The number of aryl methyl sites for hydroxylation is 1. The van der Waals surface area contributed by atoms with Crippen molar-refractivity contribution in [3.8, 4) is 0 Å². The van der Waals surface area contributed by atoms with Gasteiger partial charge in [0.05, 0.1) is 5.54 Å². The number of amides is 2. The van der Waals surface area contributed by atoms with E-state index in [9.17, 15) is 9.59 Å². The molecule has 2 atom stereocenters. The average molecular weight is 399 g/mol. The summed E-state index contributed by atoms with van der Waals surface area (Å²) in [5.41, 5.74) is 1.91. The van der Waals surface area contributed by atoms with Gasteiger partial charge in [-0.05, 0) is 59.4 Å². The highest BCUT2D eigenvalue weighted by atomic mass is 16.6. The molecule has 2 unspecified atom stereocenters. The maximum absolute atomic E-state index is 13.0. The standard InChI is InChI=1S/C22H30N4O3/c1-13-7-8-16(18-23-9-10-26(13)18)22(5,6)24-19(27)17-14-11-25(12-15(14)17)20(28)29-21(2,3)4/h7-10,14-15,17H,11-12H2,1-6H3,(H,24,27). The number of carbonyl (C=O) groups excluding carboxylic acids is 2. The van der Waals surface area contributed by atoms with Gasteiger partial charge < -0.3 is 19.4 Å². The van der Waals surface area contributed by atoms with Crippen LogP contribution in [0.1, 0.15) is 45.9 Å². The van der Waals surface area contributed by atoms with Crippen LogP contribution in [0.2, 0.25) is 0 Å². The van der Waals surface area contributed by atoms with Gasteiger partial charge in [0.2, 0.25) is 5.91 Å². The molecule has 1 aliphatic heterocycles. The summed E-state index contributed by atoms with van der Waals surface area (Å²) in [6.07, 6.45) is 3.42. The Labute approximate surface area is 171 Å². The fourth-order valence-electron chi connectivity index (χ4n) is 4.48. The number of carbonyl (C=O) groups is 2. The Balaban J connectivity index is 1.41. The molecule has 156 valence electrons. The van der Waals surface area contributed by atoms with Crippen molar-refractivity contribution >= 4 is 17.6 Å². The number of fused-ring (bicyclic) bond motifs is 2. The van der Waals surface area contributed by atoms with Gasteiger partial charge in [-0.1, -0.05) is 6.07 Å².